The molecule has 5 rings (SSSR count). The predicted octanol–water partition coefficient (Wildman–Crippen LogP) is 5.15. The molecule has 0 spiro atoms. The van der Waals surface area contributed by atoms with Crippen LogP contribution in [0.4, 0.5) is 30.4 Å². The molecule has 0 saturated carbocycles. The van der Waals surface area contributed by atoms with Crippen molar-refractivity contribution in [3.8, 4) is 5.75 Å². The van der Waals surface area contributed by atoms with E-state index in [1.54, 1.807) is 25.7 Å². The van der Waals surface area contributed by atoms with Crippen LogP contribution in [0.2, 0.25) is 0 Å². The molecule has 1 atom stereocenters. The number of carbonyl (C=O) groups excluding carboxylic acids is 1. The maximum atomic E-state index is 13.4. The Morgan fingerprint density at radius 2 is 2.03 bits per heavy atom. The van der Waals surface area contributed by atoms with E-state index in [0.717, 1.165) is 29.0 Å². The Bertz CT molecular complexity index is 1450. The lowest BCUT2D eigenvalue weighted by Gasteiger charge is -2.29. The molecule has 2 aliphatic heterocycles. The van der Waals surface area contributed by atoms with Crippen molar-refractivity contribution in [3.05, 3.63) is 52.9 Å². The number of ether oxygens (including phenoxy) is 1. The third-order valence-corrected chi connectivity index (χ3v) is 6.86. The molecule has 2 aliphatic rings. The molecule has 0 saturated heterocycles. The highest BCUT2D eigenvalue weighted by atomic mass is 19.4. The molecular weight excluding hydrogens is 497 g/mol. The highest BCUT2D eigenvalue weighted by Gasteiger charge is 2.32. The molecule has 0 fully saturated rings. The summed E-state index contributed by atoms with van der Waals surface area (Å²) in [5, 5.41) is 7.41. The van der Waals surface area contributed by atoms with Gasteiger partial charge in [-0.2, -0.15) is 13.2 Å². The second kappa shape index (κ2) is 9.70. The Morgan fingerprint density at radius 1 is 1.24 bits per heavy atom. The number of aromatic nitrogens is 2. The summed E-state index contributed by atoms with van der Waals surface area (Å²) in [7, 11) is 0. The number of fused-ring (bicyclic) bond motifs is 3. The van der Waals surface area contributed by atoms with Crippen molar-refractivity contribution in [1.29, 1.82) is 0 Å². The number of hydrogen-bond donors (Lipinski definition) is 3. The van der Waals surface area contributed by atoms with E-state index in [1.165, 1.54) is 6.07 Å². The van der Waals surface area contributed by atoms with Crippen molar-refractivity contribution >= 4 is 39.6 Å². The van der Waals surface area contributed by atoms with Gasteiger partial charge in [-0.1, -0.05) is 6.08 Å². The standard InChI is InChI=1S/C27H29F3N6O2/c1-14(18-10-19(27(28,29)30)12-20(31)11-18)33-26-22-13-21(17-4-7-36(8-5-17)16(3)37)25-24(32-6-9-38-25)23(22)34-15(2)35-26/h4,10-14,32H,5-9,31H2,1-3H3,(H,33,34,35)/t14-/m1/s1. The summed E-state index contributed by atoms with van der Waals surface area (Å²) < 4.78 is 46.3. The van der Waals surface area contributed by atoms with Crippen LogP contribution in [0, 0.1) is 6.92 Å². The van der Waals surface area contributed by atoms with Gasteiger partial charge in [0.05, 0.1) is 11.6 Å². The normalized spacial score (nSPS) is 16.3. The minimum Gasteiger partial charge on any atom is -0.489 e. The number of benzene rings is 2. The van der Waals surface area contributed by atoms with Gasteiger partial charge in [0.15, 0.2) is 5.75 Å². The Morgan fingerprint density at radius 3 is 2.71 bits per heavy atom. The summed E-state index contributed by atoms with van der Waals surface area (Å²) in [6, 6.07) is 4.99. The highest BCUT2D eigenvalue weighted by Crippen LogP contribution is 2.44. The molecule has 8 nitrogen and oxygen atoms in total. The van der Waals surface area contributed by atoms with Crippen LogP contribution in [-0.4, -0.2) is 47.0 Å². The van der Waals surface area contributed by atoms with Crippen molar-refractivity contribution < 1.29 is 22.7 Å². The largest absolute Gasteiger partial charge is 0.489 e. The fourth-order valence-electron chi connectivity index (χ4n) is 4.93. The van der Waals surface area contributed by atoms with Crippen LogP contribution in [0.5, 0.6) is 5.75 Å². The van der Waals surface area contributed by atoms with Crippen molar-refractivity contribution in [2.75, 3.05) is 42.6 Å². The molecule has 3 aromatic rings. The number of nitrogens with two attached hydrogens (primary N) is 1. The zero-order valence-electron chi connectivity index (χ0n) is 21.4. The highest BCUT2D eigenvalue weighted by molar-refractivity contribution is 6.03. The summed E-state index contributed by atoms with van der Waals surface area (Å²) in [5.41, 5.74) is 8.78. The van der Waals surface area contributed by atoms with Gasteiger partial charge in [0, 0.05) is 43.2 Å². The van der Waals surface area contributed by atoms with Gasteiger partial charge in [-0.05, 0) is 55.7 Å². The van der Waals surface area contributed by atoms with E-state index in [1.807, 2.05) is 12.1 Å². The molecule has 1 aromatic heterocycles. The van der Waals surface area contributed by atoms with Gasteiger partial charge >= 0.3 is 6.18 Å². The van der Waals surface area contributed by atoms with E-state index in [0.29, 0.717) is 66.5 Å². The summed E-state index contributed by atoms with van der Waals surface area (Å²) in [6.07, 6.45) is -1.82. The molecule has 0 radical (unpaired) electrons. The van der Waals surface area contributed by atoms with Crippen molar-refractivity contribution in [3.63, 3.8) is 0 Å². The first-order chi connectivity index (χ1) is 18.0. The number of halogens is 3. The number of amides is 1. The molecule has 0 unspecified atom stereocenters. The van der Waals surface area contributed by atoms with Gasteiger partial charge in [-0.3, -0.25) is 4.79 Å². The van der Waals surface area contributed by atoms with Crippen molar-refractivity contribution in [2.45, 2.75) is 39.4 Å². The minimum absolute atomic E-state index is 0.0262. The molecule has 11 heteroatoms. The number of aryl methyl sites for hydroxylation is 1. The van der Waals surface area contributed by atoms with E-state index in [9.17, 15) is 18.0 Å². The minimum atomic E-state index is -4.51. The van der Waals surface area contributed by atoms with Crippen LogP contribution in [0.1, 0.15) is 48.8 Å². The maximum absolute atomic E-state index is 13.4. The van der Waals surface area contributed by atoms with E-state index >= 15 is 0 Å². The Kier molecular flexibility index (Phi) is 6.54. The second-order valence-electron chi connectivity index (χ2n) is 9.62. The first-order valence-electron chi connectivity index (χ1n) is 12.4. The number of nitrogen functional groups attached to an aromatic ring is 1. The lowest BCUT2D eigenvalue weighted by atomic mass is 9.95. The molecule has 2 aromatic carbocycles. The van der Waals surface area contributed by atoms with E-state index < -0.39 is 17.8 Å². The van der Waals surface area contributed by atoms with E-state index in [-0.39, 0.29) is 11.6 Å². The van der Waals surface area contributed by atoms with Crippen LogP contribution < -0.4 is 21.1 Å². The van der Waals surface area contributed by atoms with Crippen LogP contribution in [0.25, 0.3) is 16.5 Å². The molecule has 3 heterocycles. The topological polar surface area (TPSA) is 105 Å². The number of hydrogen-bond acceptors (Lipinski definition) is 7. The Hall–Kier alpha value is -4.02. The number of rotatable bonds is 4. The quantitative estimate of drug-likeness (QED) is 0.404. The molecule has 38 heavy (non-hydrogen) atoms. The third-order valence-electron chi connectivity index (χ3n) is 6.86. The van der Waals surface area contributed by atoms with Gasteiger partial charge < -0.3 is 26.0 Å². The summed E-state index contributed by atoms with van der Waals surface area (Å²) in [5.74, 6) is 1.73. The summed E-state index contributed by atoms with van der Waals surface area (Å²) in [4.78, 5) is 22.9. The first kappa shape index (κ1) is 25.6. The van der Waals surface area contributed by atoms with Crippen LogP contribution in [0.3, 0.4) is 0 Å². The van der Waals surface area contributed by atoms with Crippen LogP contribution >= 0.6 is 0 Å². The van der Waals surface area contributed by atoms with Crippen LogP contribution in [0.15, 0.2) is 30.3 Å². The lowest BCUT2D eigenvalue weighted by molar-refractivity contribution is -0.137. The average molecular weight is 527 g/mol. The molecule has 4 N–H and O–H groups in total. The number of nitrogens with zero attached hydrogens (tertiary/aromatic N) is 3. The zero-order chi connectivity index (χ0) is 27.2. The molecule has 1 amide bonds. The molecular formula is C27H29F3N6O2. The van der Waals surface area contributed by atoms with Gasteiger partial charge in [-0.15, -0.1) is 0 Å². The fourth-order valence-corrected chi connectivity index (χ4v) is 4.93. The number of nitrogens with one attached hydrogen (secondary N) is 2. The first-order valence-corrected chi connectivity index (χ1v) is 12.4. The van der Waals surface area contributed by atoms with E-state index in [2.05, 4.69) is 20.6 Å². The maximum Gasteiger partial charge on any atom is 0.416 e. The summed E-state index contributed by atoms with van der Waals surface area (Å²) >= 11 is 0. The third kappa shape index (κ3) is 4.92. The molecule has 200 valence electrons. The number of alkyl halides is 3. The number of anilines is 3. The smallest absolute Gasteiger partial charge is 0.416 e. The van der Waals surface area contributed by atoms with Gasteiger partial charge in [0.1, 0.15) is 29.5 Å². The summed E-state index contributed by atoms with van der Waals surface area (Å²) in [6.45, 7) is 7.30. The monoisotopic (exact) mass is 526 g/mol. The number of carbonyl (C=O) groups is 1. The predicted molar refractivity (Wildman–Crippen MR) is 141 cm³/mol. The zero-order valence-corrected chi connectivity index (χ0v) is 21.4. The van der Waals surface area contributed by atoms with Gasteiger partial charge in [0.2, 0.25) is 5.91 Å². The molecule has 0 aliphatic carbocycles. The lowest BCUT2D eigenvalue weighted by Crippen LogP contribution is -2.32. The second-order valence-corrected chi connectivity index (χ2v) is 9.62. The Labute approximate surface area is 218 Å². The average Bonchev–Trinajstić information content (AvgIpc) is 2.87. The molecule has 0 bridgehead atoms. The Balaban J connectivity index is 1.60. The fraction of sp³-hybridized carbons (Fsp3) is 0.370. The van der Waals surface area contributed by atoms with E-state index in [4.69, 9.17) is 10.5 Å². The van der Waals surface area contributed by atoms with Crippen LogP contribution in [-0.2, 0) is 11.0 Å². The van der Waals surface area contributed by atoms with Gasteiger partial charge in [-0.25, -0.2) is 9.97 Å². The van der Waals surface area contributed by atoms with Gasteiger partial charge in [0.25, 0.3) is 0 Å². The van der Waals surface area contributed by atoms with Crippen molar-refractivity contribution in [1.82, 2.24) is 14.9 Å². The SMILES string of the molecule is CC(=O)N1CC=C(c2cc3c(N[C@H](C)c4cc(N)cc(C(F)(F)F)c4)nc(C)nc3c3c2OCCN3)CC1. The van der Waals surface area contributed by atoms with Crippen molar-refractivity contribution in [2.24, 2.45) is 0 Å².